The summed E-state index contributed by atoms with van der Waals surface area (Å²) in [6.07, 6.45) is 1.48. The zero-order valence-corrected chi connectivity index (χ0v) is 14.1. The van der Waals surface area contributed by atoms with Crippen molar-refractivity contribution in [3.05, 3.63) is 41.7 Å². The van der Waals surface area contributed by atoms with E-state index in [-0.39, 0.29) is 6.09 Å². The van der Waals surface area contributed by atoms with Gasteiger partial charge in [0.05, 0.1) is 36.6 Å². The molecule has 0 atom stereocenters. The minimum atomic E-state index is -0.515. The highest BCUT2D eigenvalue weighted by Gasteiger charge is 2.28. The van der Waals surface area contributed by atoms with Crippen molar-refractivity contribution < 1.29 is 9.53 Å². The molecule has 2 heterocycles. The number of carbonyl (C=O) groups is 1. The quantitative estimate of drug-likeness (QED) is 0.808. The number of aromatic nitrogens is 2. The Bertz CT molecular complexity index is 811. The van der Waals surface area contributed by atoms with Gasteiger partial charge in [-0.2, -0.15) is 10.4 Å². The molecule has 1 aliphatic rings. The minimum Gasteiger partial charge on any atom is -0.444 e. The lowest BCUT2D eigenvalue weighted by atomic mass is 10.0. The first-order valence-corrected chi connectivity index (χ1v) is 7.90. The Morgan fingerprint density at radius 3 is 2.83 bits per heavy atom. The van der Waals surface area contributed by atoms with Crippen molar-refractivity contribution in [2.24, 2.45) is 0 Å². The van der Waals surface area contributed by atoms with E-state index in [0.29, 0.717) is 25.2 Å². The van der Waals surface area contributed by atoms with Gasteiger partial charge in [0.15, 0.2) is 0 Å². The van der Waals surface area contributed by atoms with E-state index in [0.717, 1.165) is 16.8 Å². The van der Waals surface area contributed by atoms with E-state index in [1.165, 1.54) is 0 Å². The number of hydrogen-bond acceptors (Lipinski definition) is 4. The molecule has 1 aromatic heterocycles. The highest BCUT2D eigenvalue weighted by Crippen LogP contribution is 2.28. The largest absolute Gasteiger partial charge is 0.444 e. The number of carbonyl (C=O) groups excluding carboxylic acids is 1. The van der Waals surface area contributed by atoms with Crippen molar-refractivity contribution in [2.45, 2.75) is 39.5 Å². The number of rotatable bonds is 1. The zero-order valence-electron chi connectivity index (χ0n) is 14.1. The van der Waals surface area contributed by atoms with Gasteiger partial charge in [-0.15, -0.1) is 0 Å². The summed E-state index contributed by atoms with van der Waals surface area (Å²) in [5.41, 5.74) is 2.93. The lowest BCUT2D eigenvalue weighted by Gasteiger charge is -2.30. The third kappa shape index (κ3) is 3.25. The summed E-state index contributed by atoms with van der Waals surface area (Å²) >= 11 is 0. The van der Waals surface area contributed by atoms with Crippen molar-refractivity contribution in [3.63, 3.8) is 0 Å². The van der Waals surface area contributed by atoms with Crippen LogP contribution in [0, 0.1) is 11.3 Å². The fourth-order valence-electron chi connectivity index (χ4n) is 2.73. The predicted octanol–water partition coefficient (Wildman–Crippen LogP) is 3.17. The first-order chi connectivity index (χ1) is 11.4. The zero-order chi connectivity index (χ0) is 17.3. The van der Waals surface area contributed by atoms with E-state index in [2.05, 4.69) is 11.2 Å². The second kappa shape index (κ2) is 6.00. The van der Waals surface area contributed by atoms with Gasteiger partial charge in [0.25, 0.3) is 0 Å². The SMILES string of the molecule is CC(C)(C)OC(=O)N1CCn2ncc(-c3cccc(C#N)c3)c2C1. The van der Waals surface area contributed by atoms with Gasteiger partial charge in [-0.3, -0.25) is 4.68 Å². The number of nitriles is 1. The van der Waals surface area contributed by atoms with E-state index in [4.69, 9.17) is 10.00 Å². The molecular formula is C18H20N4O2. The van der Waals surface area contributed by atoms with Crippen LogP contribution in [0.15, 0.2) is 30.5 Å². The number of amides is 1. The van der Waals surface area contributed by atoms with Crippen LogP contribution in [-0.2, 0) is 17.8 Å². The van der Waals surface area contributed by atoms with E-state index < -0.39 is 5.60 Å². The van der Waals surface area contributed by atoms with Gasteiger partial charge < -0.3 is 9.64 Å². The molecule has 0 radical (unpaired) electrons. The Morgan fingerprint density at radius 1 is 1.33 bits per heavy atom. The topological polar surface area (TPSA) is 71.2 Å². The molecule has 0 bridgehead atoms. The monoisotopic (exact) mass is 324 g/mol. The molecule has 6 heteroatoms. The molecule has 2 aromatic rings. The summed E-state index contributed by atoms with van der Waals surface area (Å²) in [5.74, 6) is 0. The second-order valence-corrected chi connectivity index (χ2v) is 6.82. The van der Waals surface area contributed by atoms with Gasteiger partial charge in [-0.1, -0.05) is 12.1 Å². The van der Waals surface area contributed by atoms with Gasteiger partial charge in [-0.05, 0) is 38.5 Å². The van der Waals surface area contributed by atoms with Crippen LogP contribution in [0.5, 0.6) is 0 Å². The number of benzene rings is 1. The number of nitrogens with zero attached hydrogens (tertiary/aromatic N) is 4. The van der Waals surface area contributed by atoms with Crippen LogP contribution in [0.4, 0.5) is 4.79 Å². The first-order valence-electron chi connectivity index (χ1n) is 7.90. The third-order valence-electron chi connectivity index (χ3n) is 3.83. The van der Waals surface area contributed by atoms with Crippen molar-refractivity contribution >= 4 is 6.09 Å². The number of hydrogen-bond donors (Lipinski definition) is 0. The Labute approximate surface area is 141 Å². The lowest BCUT2D eigenvalue weighted by Crippen LogP contribution is -2.41. The average Bonchev–Trinajstić information content (AvgIpc) is 2.96. The van der Waals surface area contributed by atoms with Gasteiger partial charge >= 0.3 is 6.09 Å². The van der Waals surface area contributed by atoms with Crippen LogP contribution < -0.4 is 0 Å². The molecule has 6 nitrogen and oxygen atoms in total. The van der Waals surface area contributed by atoms with Crippen LogP contribution in [0.3, 0.4) is 0 Å². The Kier molecular flexibility index (Phi) is 4.02. The summed E-state index contributed by atoms with van der Waals surface area (Å²) in [5, 5.41) is 13.5. The summed E-state index contributed by atoms with van der Waals surface area (Å²) in [4.78, 5) is 14.0. The van der Waals surface area contributed by atoms with E-state index in [1.807, 2.05) is 43.7 Å². The Balaban J connectivity index is 1.87. The smallest absolute Gasteiger partial charge is 0.410 e. The van der Waals surface area contributed by atoms with Crippen LogP contribution in [0.25, 0.3) is 11.1 Å². The maximum absolute atomic E-state index is 12.3. The fourth-order valence-corrected chi connectivity index (χ4v) is 2.73. The highest BCUT2D eigenvalue weighted by atomic mass is 16.6. The fraction of sp³-hybridized carbons (Fsp3) is 0.389. The minimum absolute atomic E-state index is 0.313. The molecule has 0 saturated carbocycles. The molecule has 0 N–H and O–H groups in total. The van der Waals surface area contributed by atoms with Crippen LogP contribution in [0.2, 0.25) is 0 Å². The van der Waals surface area contributed by atoms with Crippen LogP contribution in [0.1, 0.15) is 32.0 Å². The molecule has 3 rings (SSSR count). The third-order valence-corrected chi connectivity index (χ3v) is 3.83. The van der Waals surface area contributed by atoms with Crippen LogP contribution >= 0.6 is 0 Å². The molecule has 0 unspecified atom stereocenters. The molecule has 0 aliphatic carbocycles. The molecule has 0 saturated heterocycles. The van der Waals surface area contributed by atoms with Crippen molar-refractivity contribution in [1.82, 2.24) is 14.7 Å². The lowest BCUT2D eigenvalue weighted by molar-refractivity contribution is 0.0195. The van der Waals surface area contributed by atoms with E-state index in [9.17, 15) is 4.79 Å². The second-order valence-electron chi connectivity index (χ2n) is 6.82. The van der Waals surface area contributed by atoms with Gasteiger partial charge in [0, 0.05) is 12.1 Å². The summed E-state index contributed by atoms with van der Waals surface area (Å²) < 4.78 is 7.38. The van der Waals surface area contributed by atoms with E-state index >= 15 is 0 Å². The van der Waals surface area contributed by atoms with Crippen molar-refractivity contribution in [2.75, 3.05) is 6.54 Å². The number of ether oxygens (including phenoxy) is 1. The summed E-state index contributed by atoms with van der Waals surface area (Å²) in [7, 11) is 0. The normalized spacial score (nSPS) is 14.0. The maximum atomic E-state index is 12.3. The van der Waals surface area contributed by atoms with Gasteiger partial charge in [-0.25, -0.2) is 4.79 Å². The molecule has 1 aromatic carbocycles. The van der Waals surface area contributed by atoms with Gasteiger partial charge in [0.2, 0.25) is 0 Å². The van der Waals surface area contributed by atoms with Crippen molar-refractivity contribution in [1.29, 1.82) is 5.26 Å². The van der Waals surface area contributed by atoms with Gasteiger partial charge in [0.1, 0.15) is 5.60 Å². The van der Waals surface area contributed by atoms with Crippen LogP contribution in [-0.4, -0.2) is 32.9 Å². The number of fused-ring (bicyclic) bond motifs is 1. The maximum Gasteiger partial charge on any atom is 0.410 e. The van der Waals surface area contributed by atoms with Crippen molar-refractivity contribution in [3.8, 4) is 17.2 Å². The standard InChI is InChI=1S/C18H20N4O2/c1-18(2,3)24-17(23)21-7-8-22-16(12-21)15(11-20-22)14-6-4-5-13(9-14)10-19/h4-6,9,11H,7-8,12H2,1-3H3. The molecule has 1 amide bonds. The summed E-state index contributed by atoms with van der Waals surface area (Å²) in [6.45, 7) is 7.22. The Morgan fingerprint density at radius 2 is 2.12 bits per heavy atom. The molecule has 124 valence electrons. The molecule has 1 aliphatic heterocycles. The Hall–Kier alpha value is -2.81. The molecule has 24 heavy (non-hydrogen) atoms. The predicted molar refractivity (Wildman–Crippen MR) is 89.0 cm³/mol. The highest BCUT2D eigenvalue weighted by molar-refractivity contribution is 5.71. The molecule has 0 fully saturated rings. The first kappa shape index (κ1) is 16.1. The average molecular weight is 324 g/mol. The van der Waals surface area contributed by atoms with E-state index in [1.54, 1.807) is 17.2 Å². The molecular weight excluding hydrogens is 304 g/mol. The molecule has 0 spiro atoms. The summed E-state index contributed by atoms with van der Waals surface area (Å²) in [6, 6.07) is 9.56.